The third-order valence-corrected chi connectivity index (χ3v) is 2.95. The monoisotopic (exact) mass is 246 g/mol. The lowest BCUT2D eigenvalue weighted by atomic mass is 10.0. The molecule has 3 nitrogen and oxygen atoms in total. The second-order valence-corrected chi connectivity index (χ2v) is 4.30. The van der Waals surface area contributed by atoms with E-state index < -0.39 is 6.04 Å². The third-order valence-electron chi connectivity index (χ3n) is 2.95. The summed E-state index contributed by atoms with van der Waals surface area (Å²) < 4.78 is 0. The Morgan fingerprint density at radius 2 is 2.11 bits per heavy atom. The SMILES string of the molecule is C=CCN(CC)C(=O)C(N)CCc1ccccc1. The molecule has 0 aliphatic carbocycles. The number of benzene rings is 1. The van der Waals surface area contributed by atoms with E-state index in [2.05, 4.69) is 18.7 Å². The van der Waals surface area contributed by atoms with Crippen molar-refractivity contribution in [1.29, 1.82) is 0 Å². The molecule has 3 heteroatoms. The second kappa shape index (κ2) is 7.67. The van der Waals surface area contributed by atoms with Gasteiger partial charge in [-0.2, -0.15) is 0 Å². The highest BCUT2D eigenvalue weighted by atomic mass is 16.2. The topological polar surface area (TPSA) is 46.3 Å². The molecule has 1 aromatic carbocycles. The number of carbonyl (C=O) groups is 1. The van der Waals surface area contributed by atoms with E-state index in [1.54, 1.807) is 11.0 Å². The number of nitrogens with zero attached hydrogens (tertiary/aromatic N) is 1. The van der Waals surface area contributed by atoms with Crippen molar-refractivity contribution in [2.75, 3.05) is 13.1 Å². The Hall–Kier alpha value is -1.61. The van der Waals surface area contributed by atoms with Crippen molar-refractivity contribution in [3.8, 4) is 0 Å². The van der Waals surface area contributed by atoms with Gasteiger partial charge >= 0.3 is 0 Å². The molecule has 1 aromatic rings. The molecule has 0 saturated carbocycles. The summed E-state index contributed by atoms with van der Waals surface area (Å²) in [4.78, 5) is 13.8. The number of amides is 1. The van der Waals surface area contributed by atoms with Gasteiger partial charge in [-0.25, -0.2) is 0 Å². The third kappa shape index (κ3) is 4.34. The first-order valence-electron chi connectivity index (χ1n) is 6.38. The van der Waals surface area contributed by atoms with E-state index in [4.69, 9.17) is 5.73 Å². The van der Waals surface area contributed by atoms with E-state index in [1.807, 2.05) is 25.1 Å². The molecule has 0 saturated heterocycles. The van der Waals surface area contributed by atoms with Gasteiger partial charge in [0.25, 0.3) is 0 Å². The fourth-order valence-electron chi connectivity index (χ4n) is 1.86. The van der Waals surface area contributed by atoms with Gasteiger partial charge in [0.2, 0.25) is 5.91 Å². The van der Waals surface area contributed by atoms with E-state index in [0.717, 1.165) is 6.42 Å². The minimum Gasteiger partial charge on any atom is -0.338 e. The van der Waals surface area contributed by atoms with E-state index in [9.17, 15) is 4.79 Å². The maximum absolute atomic E-state index is 12.0. The quantitative estimate of drug-likeness (QED) is 0.748. The molecule has 98 valence electrons. The van der Waals surface area contributed by atoms with Gasteiger partial charge in [-0.15, -0.1) is 6.58 Å². The molecule has 0 bridgehead atoms. The summed E-state index contributed by atoms with van der Waals surface area (Å²) in [6.07, 6.45) is 3.24. The molecule has 2 N–H and O–H groups in total. The number of nitrogens with two attached hydrogens (primary N) is 1. The predicted molar refractivity (Wildman–Crippen MR) is 75.2 cm³/mol. The van der Waals surface area contributed by atoms with Crippen LogP contribution in [0.3, 0.4) is 0 Å². The standard InChI is InChI=1S/C15H22N2O/c1-3-12-17(4-2)15(18)14(16)11-10-13-8-6-5-7-9-13/h3,5-9,14H,1,4,10-12,16H2,2H3. The minimum absolute atomic E-state index is 0.00771. The van der Waals surface area contributed by atoms with Gasteiger partial charge in [0.05, 0.1) is 6.04 Å². The maximum Gasteiger partial charge on any atom is 0.239 e. The summed E-state index contributed by atoms with van der Waals surface area (Å²) >= 11 is 0. The van der Waals surface area contributed by atoms with Crippen LogP contribution in [-0.2, 0) is 11.2 Å². The van der Waals surface area contributed by atoms with Crippen molar-refractivity contribution in [3.63, 3.8) is 0 Å². The van der Waals surface area contributed by atoms with E-state index >= 15 is 0 Å². The zero-order valence-electron chi connectivity index (χ0n) is 11.0. The summed E-state index contributed by atoms with van der Waals surface area (Å²) in [6, 6.07) is 9.66. The van der Waals surface area contributed by atoms with Crippen molar-refractivity contribution < 1.29 is 4.79 Å². The van der Waals surface area contributed by atoms with Crippen LogP contribution in [0.5, 0.6) is 0 Å². The largest absolute Gasteiger partial charge is 0.338 e. The highest BCUT2D eigenvalue weighted by molar-refractivity contribution is 5.81. The fraction of sp³-hybridized carbons (Fsp3) is 0.400. The molecule has 0 heterocycles. The van der Waals surface area contributed by atoms with Crippen molar-refractivity contribution in [2.24, 2.45) is 5.73 Å². The first kappa shape index (κ1) is 14.5. The molecule has 0 spiro atoms. The zero-order valence-corrected chi connectivity index (χ0v) is 11.0. The van der Waals surface area contributed by atoms with Gasteiger partial charge in [0, 0.05) is 13.1 Å². The van der Waals surface area contributed by atoms with Gasteiger partial charge < -0.3 is 10.6 Å². The molecule has 0 radical (unpaired) electrons. The maximum atomic E-state index is 12.0. The highest BCUT2D eigenvalue weighted by Gasteiger charge is 2.18. The van der Waals surface area contributed by atoms with Crippen molar-refractivity contribution in [2.45, 2.75) is 25.8 Å². The van der Waals surface area contributed by atoms with Gasteiger partial charge in [-0.05, 0) is 25.3 Å². The van der Waals surface area contributed by atoms with Crippen molar-refractivity contribution >= 4 is 5.91 Å². The number of hydrogen-bond donors (Lipinski definition) is 1. The van der Waals surface area contributed by atoms with Crippen LogP contribution in [0.4, 0.5) is 0 Å². The second-order valence-electron chi connectivity index (χ2n) is 4.30. The molecule has 18 heavy (non-hydrogen) atoms. The molecular weight excluding hydrogens is 224 g/mol. The number of rotatable bonds is 7. The molecule has 1 amide bonds. The van der Waals surface area contributed by atoms with E-state index in [-0.39, 0.29) is 5.91 Å². The summed E-state index contributed by atoms with van der Waals surface area (Å²) in [6.45, 7) is 6.83. The number of carbonyl (C=O) groups excluding carboxylic acids is 1. The minimum atomic E-state index is -0.426. The molecule has 1 atom stereocenters. The lowest BCUT2D eigenvalue weighted by molar-refractivity contribution is -0.132. The van der Waals surface area contributed by atoms with Crippen LogP contribution in [0.15, 0.2) is 43.0 Å². The van der Waals surface area contributed by atoms with Crippen molar-refractivity contribution in [3.05, 3.63) is 48.6 Å². The normalized spacial score (nSPS) is 11.9. The van der Waals surface area contributed by atoms with Crippen LogP contribution in [0.25, 0.3) is 0 Å². The Morgan fingerprint density at radius 1 is 1.44 bits per heavy atom. The highest BCUT2D eigenvalue weighted by Crippen LogP contribution is 2.06. The Labute approximate surface area is 109 Å². The average molecular weight is 246 g/mol. The van der Waals surface area contributed by atoms with Gasteiger partial charge in [-0.3, -0.25) is 4.79 Å². The van der Waals surface area contributed by atoms with Crippen LogP contribution in [-0.4, -0.2) is 29.9 Å². The summed E-state index contributed by atoms with van der Waals surface area (Å²) in [7, 11) is 0. The lowest BCUT2D eigenvalue weighted by Gasteiger charge is -2.22. The van der Waals surface area contributed by atoms with Gasteiger partial charge in [0.15, 0.2) is 0 Å². The summed E-state index contributed by atoms with van der Waals surface area (Å²) in [5.41, 5.74) is 7.16. The fourth-order valence-corrected chi connectivity index (χ4v) is 1.86. The number of aryl methyl sites for hydroxylation is 1. The van der Waals surface area contributed by atoms with Crippen molar-refractivity contribution in [1.82, 2.24) is 4.90 Å². The van der Waals surface area contributed by atoms with Crippen LogP contribution >= 0.6 is 0 Å². The zero-order chi connectivity index (χ0) is 13.4. The van der Waals surface area contributed by atoms with Crippen LogP contribution in [0.1, 0.15) is 18.9 Å². The molecule has 0 aliphatic heterocycles. The average Bonchev–Trinajstić information content (AvgIpc) is 2.42. The van der Waals surface area contributed by atoms with Gasteiger partial charge in [0.1, 0.15) is 0 Å². The summed E-state index contributed by atoms with van der Waals surface area (Å²) in [5.74, 6) is 0.00771. The molecular formula is C15H22N2O. The Balaban J connectivity index is 2.46. The van der Waals surface area contributed by atoms with Crippen LogP contribution in [0.2, 0.25) is 0 Å². The van der Waals surface area contributed by atoms with E-state index in [0.29, 0.717) is 19.5 Å². The predicted octanol–water partition coefficient (Wildman–Crippen LogP) is 1.98. The lowest BCUT2D eigenvalue weighted by Crippen LogP contribution is -2.44. The first-order chi connectivity index (χ1) is 8.69. The van der Waals surface area contributed by atoms with Crippen LogP contribution < -0.4 is 5.73 Å². The molecule has 0 aliphatic rings. The van der Waals surface area contributed by atoms with Gasteiger partial charge in [-0.1, -0.05) is 36.4 Å². The molecule has 0 aromatic heterocycles. The van der Waals surface area contributed by atoms with Crippen LogP contribution in [0, 0.1) is 0 Å². The molecule has 1 rings (SSSR count). The molecule has 0 fully saturated rings. The Morgan fingerprint density at radius 3 is 2.67 bits per heavy atom. The summed E-state index contributed by atoms with van der Waals surface area (Å²) in [5, 5.41) is 0. The Bertz CT molecular complexity index is 375. The first-order valence-corrected chi connectivity index (χ1v) is 6.38. The van der Waals surface area contributed by atoms with E-state index in [1.165, 1.54) is 5.56 Å². The Kier molecular flexibility index (Phi) is 6.15. The molecule has 1 unspecified atom stereocenters. The number of likely N-dealkylation sites (N-methyl/N-ethyl adjacent to an activating group) is 1. The number of hydrogen-bond acceptors (Lipinski definition) is 2. The smallest absolute Gasteiger partial charge is 0.239 e.